The summed E-state index contributed by atoms with van der Waals surface area (Å²) in [4.78, 5) is 17.8. The van der Waals surface area contributed by atoms with E-state index in [0.717, 1.165) is 30.5 Å². The molecule has 0 radical (unpaired) electrons. The van der Waals surface area contributed by atoms with Gasteiger partial charge in [0.25, 0.3) is 0 Å². The molecule has 108 valence electrons. The van der Waals surface area contributed by atoms with Gasteiger partial charge in [0.15, 0.2) is 5.13 Å². The molecule has 0 N–H and O–H groups in total. The van der Waals surface area contributed by atoms with Crippen molar-refractivity contribution < 1.29 is 14.3 Å². The Balaban J connectivity index is 2.48. The number of anilines is 1. The number of aromatic nitrogens is 1. The van der Waals surface area contributed by atoms with E-state index in [1.54, 1.807) is 11.3 Å². The molecular weight excluding hydrogens is 264 g/mol. The maximum Gasteiger partial charge on any atom is 0.305 e. The topological polar surface area (TPSA) is 51.7 Å². The maximum atomic E-state index is 11.1. The van der Waals surface area contributed by atoms with E-state index in [0.29, 0.717) is 19.4 Å². The third-order valence-electron chi connectivity index (χ3n) is 2.71. The van der Waals surface area contributed by atoms with Crippen LogP contribution in [0.25, 0.3) is 0 Å². The summed E-state index contributed by atoms with van der Waals surface area (Å²) >= 11 is 1.61. The van der Waals surface area contributed by atoms with E-state index in [4.69, 9.17) is 4.74 Å². The van der Waals surface area contributed by atoms with Gasteiger partial charge in [0, 0.05) is 31.5 Å². The number of hydrogen-bond donors (Lipinski definition) is 0. The summed E-state index contributed by atoms with van der Waals surface area (Å²) < 4.78 is 9.98. The lowest BCUT2D eigenvalue weighted by molar-refractivity contribution is -0.140. The van der Waals surface area contributed by atoms with Crippen LogP contribution in [-0.2, 0) is 20.7 Å². The number of thiazole rings is 1. The second-order valence-corrected chi connectivity index (χ2v) is 4.81. The van der Waals surface area contributed by atoms with E-state index in [2.05, 4.69) is 21.5 Å². The van der Waals surface area contributed by atoms with Crippen LogP contribution in [0.15, 0.2) is 5.38 Å². The van der Waals surface area contributed by atoms with E-state index in [1.807, 2.05) is 12.3 Å². The zero-order valence-electron chi connectivity index (χ0n) is 11.8. The Hall–Kier alpha value is -1.14. The molecule has 0 spiro atoms. The summed E-state index contributed by atoms with van der Waals surface area (Å²) in [5.74, 6) is -0.196. The van der Waals surface area contributed by atoms with Gasteiger partial charge < -0.3 is 14.4 Å². The molecule has 19 heavy (non-hydrogen) atoms. The first-order chi connectivity index (χ1) is 9.21. The second-order valence-electron chi connectivity index (χ2n) is 3.97. The average molecular weight is 286 g/mol. The molecule has 0 bridgehead atoms. The van der Waals surface area contributed by atoms with Crippen molar-refractivity contribution in [2.24, 2.45) is 0 Å². The first kappa shape index (κ1) is 15.9. The van der Waals surface area contributed by atoms with E-state index in [1.165, 1.54) is 7.11 Å². The Morgan fingerprint density at radius 3 is 2.89 bits per heavy atom. The monoisotopic (exact) mass is 286 g/mol. The lowest BCUT2D eigenvalue weighted by atomic mass is 10.2. The molecule has 0 aliphatic carbocycles. The molecule has 6 heteroatoms. The number of carbonyl (C=O) groups is 1. The van der Waals surface area contributed by atoms with Gasteiger partial charge in [0.05, 0.1) is 25.8 Å². The first-order valence-corrected chi connectivity index (χ1v) is 7.43. The highest BCUT2D eigenvalue weighted by Gasteiger charge is 2.10. The van der Waals surface area contributed by atoms with Gasteiger partial charge in [0.2, 0.25) is 0 Å². The minimum atomic E-state index is -0.196. The van der Waals surface area contributed by atoms with Crippen molar-refractivity contribution in [3.8, 4) is 0 Å². The number of nitrogens with zero attached hydrogens (tertiary/aromatic N) is 2. The Kier molecular flexibility index (Phi) is 7.43. The largest absolute Gasteiger partial charge is 0.469 e. The van der Waals surface area contributed by atoms with Crippen LogP contribution >= 0.6 is 11.3 Å². The van der Waals surface area contributed by atoms with Gasteiger partial charge in [-0.05, 0) is 13.8 Å². The number of ether oxygens (including phenoxy) is 2. The van der Waals surface area contributed by atoms with Crippen molar-refractivity contribution in [1.29, 1.82) is 0 Å². The molecule has 0 fully saturated rings. The van der Waals surface area contributed by atoms with Gasteiger partial charge in [-0.25, -0.2) is 4.98 Å². The van der Waals surface area contributed by atoms with Crippen LogP contribution in [0, 0.1) is 0 Å². The fraction of sp³-hybridized carbons (Fsp3) is 0.692. The van der Waals surface area contributed by atoms with Crippen LogP contribution in [0.4, 0.5) is 5.13 Å². The zero-order chi connectivity index (χ0) is 14.1. The molecule has 1 rings (SSSR count). The molecule has 5 nitrogen and oxygen atoms in total. The molecular formula is C13H22N2O3S. The van der Waals surface area contributed by atoms with Gasteiger partial charge in [-0.2, -0.15) is 0 Å². The van der Waals surface area contributed by atoms with Crippen molar-refractivity contribution in [3.63, 3.8) is 0 Å². The van der Waals surface area contributed by atoms with Crippen molar-refractivity contribution in [3.05, 3.63) is 11.1 Å². The van der Waals surface area contributed by atoms with Crippen molar-refractivity contribution in [1.82, 2.24) is 4.98 Å². The number of esters is 1. The predicted molar refractivity (Wildman–Crippen MR) is 76.8 cm³/mol. The fourth-order valence-corrected chi connectivity index (χ4v) is 2.55. The van der Waals surface area contributed by atoms with Gasteiger partial charge >= 0.3 is 5.97 Å². The van der Waals surface area contributed by atoms with Crippen LogP contribution in [-0.4, -0.2) is 44.4 Å². The minimum Gasteiger partial charge on any atom is -0.469 e. The van der Waals surface area contributed by atoms with Crippen LogP contribution in [0.1, 0.15) is 26.0 Å². The molecule has 1 aromatic heterocycles. The lowest BCUT2D eigenvalue weighted by Crippen LogP contribution is -2.27. The molecule has 0 unspecified atom stereocenters. The molecule has 0 saturated heterocycles. The number of rotatable bonds is 9. The molecule has 0 aromatic carbocycles. The number of methoxy groups -OCH3 is 1. The third-order valence-corrected chi connectivity index (χ3v) is 3.66. The number of likely N-dealkylation sites (N-methyl/N-ethyl adjacent to an activating group) is 1. The Bertz CT molecular complexity index is 382. The lowest BCUT2D eigenvalue weighted by Gasteiger charge is -2.19. The number of carbonyl (C=O) groups excluding carboxylic acids is 1. The molecule has 0 aliphatic rings. The van der Waals surface area contributed by atoms with E-state index < -0.39 is 0 Å². The summed E-state index contributed by atoms with van der Waals surface area (Å²) in [6.07, 6.45) is 1.01. The Morgan fingerprint density at radius 1 is 1.47 bits per heavy atom. The summed E-state index contributed by atoms with van der Waals surface area (Å²) in [7, 11) is 1.40. The summed E-state index contributed by atoms with van der Waals surface area (Å²) in [5, 5.41) is 2.99. The Labute approximate surface area is 118 Å². The minimum absolute atomic E-state index is 0.196. The maximum absolute atomic E-state index is 11.1. The van der Waals surface area contributed by atoms with E-state index in [9.17, 15) is 4.79 Å². The molecule has 0 amide bonds. The normalized spacial score (nSPS) is 10.5. The summed E-state index contributed by atoms with van der Waals surface area (Å²) in [5.41, 5.74) is 0.945. The summed E-state index contributed by atoms with van der Waals surface area (Å²) in [6.45, 7) is 7.28. The SMILES string of the molecule is CCOCCN(CC)c1nc(CCC(=O)OC)cs1. The Morgan fingerprint density at radius 2 is 2.26 bits per heavy atom. The van der Waals surface area contributed by atoms with Gasteiger partial charge in [-0.1, -0.05) is 0 Å². The van der Waals surface area contributed by atoms with Gasteiger partial charge in [0.1, 0.15) is 0 Å². The molecule has 1 heterocycles. The quantitative estimate of drug-likeness (QED) is 0.514. The highest BCUT2D eigenvalue weighted by molar-refractivity contribution is 7.13. The first-order valence-electron chi connectivity index (χ1n) is 6.55. The van der Waals surface area contributed by atoms with E-state index >= 15 is 0 Å². The predicted octanol–water partition coefficient (Wildman–Crippen LogP) is 2.11. The number of aryl methyl sites for hydroxylation is 1. The van der Waals surface area contributed by atoms with Crippen molar-refractivity contribution >= 4 is 22.4 Å². The summed E-state index contributed by atoms with van der Waals surface area (Å²) in [6, 6.07) is 0. The standard InChI is InChI=1S/C13H22N2O3S/c1-4-15(8-9-18-5-2)13-14-11(10-19-13)6-7-12(16)17-3/h10H,4-9H2,1-3H3. The van der Waals surface area contributed by atoms with Crippen LogP contribution < -0.4 is 4.90 Å². The van der Waals surface area contributed by atoms with Gasteiger partial charge in [-0.3, -0.25) is 4.79 Å². The third kappa shape index (κ3) is 5.57. The smallest absolute Gasteiger partial charge is 0.305 e. The highest BCUT2D eigenvalue weighted by Crippen LogP contribution is 2.21. The molecule has 0 atom stereocenters. The van der Waals surface area contributed by atoms with Gasteiger partial charge in [-0.15, -0.1) is 11.3 Å². The number of hydrogen-bond acceptors (Lipinski definition) is 6. The van der Waals surface area contributed by atoms with Crippen LogP contribution in [0.5, 0.6) is 0 Å². The molecule has 0 aliphatic heterocycles. The molecule has 1 aromatic rings. The van der Waals surface area contributed by atoms with Crippen molar-refractivity contribution in [2.45, 2.75) is 26.7 Å². The zero-order valence-corrected chi connectivity index (χ0v) is 12.7. The fourth-order valence-electron chi connectivity index (χ4n) is 1.60. The average Bonchev–Trinajstić information content (AvgIpc) is 2.89. The van der Waals surface area contributed by atoms with Crippen molar-refractivity contribution in [2.75, 3.05) is 38.3 Å². The highest BCUT2D eigenvalue weighted by atomic mass is 32.1. The second kappa shape index (κ2) is 8.87. The molecule has 0 saturated carbocycles. The van der Waals surface area contributed by atoms with Crippen LogP contribution in [0.2, 0.25) is 0 Å². The van der Waals surface area contributed by atoms with E-state index in [-0.39, 0.29) is 5.97 Å². The van der Waals surface area contributed by atoms with Crippen LogP contribution in [0.3, 0.4) is 0 Å².